The van der Waals surface area contributed by atoms with Crippen LogP contribution in [0, 0.1) is 0 Å². The van der Waals surface area contributed by atoms with Gasteiger partial charge in [-0.1, -0.05) is 0 Å². The molecule has 0 unspecified atom stereocenters. The van der Waals surface area contributed by atoms with E-state index in [2.05, 4.69) is 4.99 Å². The zero-order chi connectivity index (χ0) is 7.72. The summed E-state index contributed by atoms with van der Waals surface area (Å²) in [5.74, 6) is 0. The van der Waals surface area contributed by atoms with Crippen molar-refractivity contribution in [3.63, 3.8) is 0 Å². The van der Waals surface area contributed by atoms with E-state index in [1.807, 2.05) is 20.8 Å². The van der Waals surface area contributed by atoms with Gasteiger partial charge in [-0.2, -0.15) is 0 Å². The first-order valence-corrected chi connectivity index (χ1v) is 3.22. The molecule has 1 heterocycles. The summed E-state index contributed by atoms with van der Waals surface area (Å²) in [6.45, 7) is 5.68. The third kappa shape index (κ3) is 0.856. The maximum absolute atomic E-state index is 10.4. The van der Waals surface area contributed by atoms with Crippen LogP contribution in [-0.2, 0) is 5.11 Å². The van der Waals surface area contributed by atoms with E-state index < -0.39 is 0 Å². The fourth-order valence-electron chi connectivity index (χ4n) is 1.04. The van der Waals surface area contributed by atoms with Gasteiger partial charge in [-0.3, -0.25) is 10.1 Å². The van der Waals surface area contributed by atoms with Crippen LogP contribution in [0.4, 0.5) is 0 Å². The average Bonchev–Trinajstić information content (AvgIpc) is 2.09. The Hall–Kier alpha value is -1.05. The van der Waals surface area contributed by atoms with E-state index in [1.165, 1.54) is 0 Å². The lowest BCUT2D eigenvalue weighted by molar-refractivity contribution is 0.349. The highest BCUT2D eigenvalue weighted by Gasteiger charge is 2.14. The molecule has 0 fully saturated rings. The molecule has 53 valence electrons. The number of rotatable bonds is 0. The molecule has 0 saturated heterocycles. The van der Waals surface area contributed by atoms with Gasteiger partial charge in [0.1, 0.15) is 0 Å². The highest BCUT2D eigenvalue weighted by atomic mass is 16.2. The molecule has 0 atom stereocenters. The number of hydrogen-bond acceptors (Lipinski definition) is 1. The summed E-state index contributed by atoms with van der Waals surface area (Å²) in [6, 6.07) is 0. The summed E-state index contributed by atoms with van der Waals surface area (Å²) in [4.78, 5) is 4.15. The largest absolute Gasteiger partial charge is 0.298 e. The minimum Gasteiger partial charge on any atom is -0.298 e. The number of aliphatic imine (C=N–C) groups is 1. The van der Waals surface area contributed by atoms with Crippen molar-refractivity contribution in [2.24, 2.45) is 4.99 Å². The number of hydrogen-bond donors (Lipinski definition) is 0. The summed E-state index contributed by atoms with van der Waals surface area (Å²) >= 11 is 0. The first-order valence-electron chi connectivity index (χ1n) is 3.22. The van der Waals surface area contributed by atoms with Crippen LogP contribution in [0.1, 0.15) is 20.8 Å². The van der Waals surface area contributed by atoms with E-state index >= 15 is 0 Å². The molecule has 2 nitrogen and oxygen atoms in total. The Kier molecular flexibility index (Phi) is 1.62. The normalized spacial score (nSPS) is 22.3. The fourth-order valence-corrected chi connectivity index (χ4v) is 1.04. The molecular formula is C8H10NO. The molecule has 0 aromatic heterocycles. The lowest BCUT2D eigenvalue weighted by Crippen LogP contribution is -1.91. The molecule has 0 amide bonds. The molecular weight excluding hydrogens is 126 g/mol. The van der Waals surface area contributed by atoms with Crippen LogP contribution in [0.25, 0.3) is 0 Å². The van der Waals surface area contributed by atoms with Crippen LogP contribution in [-0.4, -0.2) is 5.71 Å². The van der Waals surface area contributed by atoms with Gasteiger partial charge in [0.15, 0.2) is 6.26 Å². The molecule has 1 aliphatic heterocycles. The molecule has 10 heavy (non-hydrogen) atoms. The van der Waals surface area contributed by atoms with Crippen molar-refractivity contribution < 1.29 is 5.11 Å². The topological polar surface area (TPSA) is 32.3 Å². The lowest BCUT2D eigenvalue weighted by atomic mass is 10.1. The highest BCUT2D eigenvalue weighted by molar-refractivity contribution is 6.04. The summed E-state index contributed by atoms with van der Waals surface area (Å²) < 4.78 is 0. The minimum atomic E-state index is 0.748. The number of allylic oxidation sites excluding steroid dienone is 3. The van der Waals surface area contributed by atoms with Gasteiger partial charge in [0.05, 0.1) is 0 Å². The SMILES string of the molecule is CC1=NC(C)=C(C)C1=C[O]. The predicted molar refractivity (Wildman–Crippen MR) is 40.3 cm³/mol. The van der Waals surface area contributed by atoms with Gasteiger partial charge in [-0.05, 0) is 26.3 Å². The molecule has 1 rings (SSSR count). The van der Waals surface area contributed by atoms with Crippen LogP contribution in [0.3, 0.4) is 0 Å². The smallest absolute Gasteiger partial charge is 0.152 e. The van der Waals surface area contributed by atoms with Gasteiger partial charge in [0.25, 0.3) is 0 Å². The molecule has 0 saturated carbocycles. The van der Waals surface area contributed by atoms with Gasteiger partial charge in [-0.25, -0.2) is 0 Å². The first kappa shape index (κ1) is 7.06. The second kappa shape index (κ2) is 2.29. The second-order valence-electron chi connectivity index (χ2n) is 2.44. The maximum atomic E-state index is 10.4. The van der Waals surface area contributed by atoms with Crippen molar-refractivity contribution in [3.05, 3.63) is 23.1 Å². The monoisotopic (exact) mass is 136 g/mol. The summed E-state index contributed by atoms with van der Waals surface area (Å²) in [6.07, 6.45) is 0.866. The van der Waals surface area contributed by atoms with Gasteiger partial charge in [-0.15, -0.1) is 0 Å². The Labute approximate surface area is 60.6 Å². The van der Waals surface area contributed by atoms with E-state index in [0.29, 0.717) is 0 Å². The zero-order valence-corrected chi connectivity index (χ0v) is 6.43. The van der Waals surface area contributed by atoms with Crippen molar-refractivity contribution in [2.75, 3.05) is 0 Å². The summed E-state index contributed by atoms with van der Waals surface area (Å²) in [5.41, 5.74) is 3.55. The molecule has 0 aromatic carbocycles. The zero-order valence-electron chi connectivity index (χ0n) is 6.43. The highest BCUT2D eigenvalue weighted by Crippen LogP contribution is 2.23. The van der Waals surface area contributed by atoms with Crippen LogP contribution in [0.15, 0.2) is 28.1 Å². The van der Waals surface area contributed by atoms with Crippen molar-refractivity contribution in [3.8, 4) is 0 Å². The molecule has 1 aliphatic rings. The molecule has 2 heteroatoms. The quantitative estimate of drug-likeness (QED) is 0.457. The minimum absolute atomic E-state index is 0.748. The molecule has 0 aliphatic carbocycles. The predicted octanol–water partition coefficient (Wildman–Crippen LogP) is 2.07. The first-order chi connectivity index (χ1) is 4.66. The Bertz CT molecular complexity index is 242. The maximum Gasteiger partial charge on any atom is 0.152 e. The van der Waals surface area contributed by atoms with Gasteiger partial charge in [0.2, 0.25) is 0 Å². The Morgan fingerprint density at radius 2 is 1.90 bits per heavy atom. The molecule has 0 spiro atoms. The molecule has 0 N–H and O–H groups in total. The fraction of sp³-hybridized carbons (Fsp3) is 0.375. The van der Waals surface area contributed by atoms with Crippen LogP contribution < -0.4 is 0 Å². The van der Waals surface area contributed by atoms with Crippen molar-refractivity contribution in [1.82, 2.24) is 0 Å². The third-order valence-corrected chi connectivity index (χ3v) is 1.79. The number of nitrogens with zero attached hydrogens (tertiary/aromatic N) is 1. The summed E-state index contributed by atoms with van der Waals surface area (Å²) in [7, 11) is 0. The van der Waals surface area contributed by atoms with Gasteiger partial charge in [0, 0.05) is 17.0 Å². The van der Waals surface area contributed by atoms with Crippen LogP contribution in [0.5, 0.6) is 0 Å². The van der Waals surface area contributed by atoms with E-state index in [0.717, 1.165) is 28.8 Å². The lowest BCUT2D eigenvalue weighted by Gasteiger charge is -1.94. The van der Waals surface area contributed by atoms with Gasteiger partial charge < -0.3 is 0 Å². The van der Waals surface area contributed by atoms with Crippen molar-refractivity contribution >= 4 is 5.71 Å². The average molecular weight is 136 g/mol. The molecule has 0 bridgehead atoms. The van der Waals surface area contributed by atoms with Crippen molar-refractivity contribution in [1.29, 1.82) is 0 Å². The Morgan fingerprint density at radius 3 is 2.10 bits per heavy atom. The standard InChI is InChI=1S/C8H10NO/c1-5-6(2)9-7(3)8(5)4-10/h4H,1-3H3. The molecule has 0 aromatic rings. The Balaban J connectivity index is 3.10. The molecule has 1 radical (unpaired) electrons. The van der Waals surface area contributed by atoms with E-state index in [-0.39, 0.29) is 0 Å². The van der Waals surface area contributed by atoms with Crippen LogP contribution in [0.2, 0.25) is 0 Å². The van der Waals surface area contributed by atoms with Crippen LogP contribution >= 0.6 is 0 Å². The third-order valence-electron chi connectivity index (χ3n) is 1.79. The van der Waals surface area contributed by atoms with Crippen molar-refractivity contribution in [2.45, 2.75) is 20.8 Å². The second-order valence-corrected chi connectivity index (χ2v) is 2.44. The summed E-state index contributed by atoms with van der Waals surface area (Å²) in [5, 5.41) is 10.4. The van der Waals surface area contributed by atoms with E-state index in [4.69, 9.17) is 0 Å². The Morgan fingerprint density at radius 1 is 1.30 bits per heavy atom. The van der Waals surface area contributed by atoms with Gasteiger partial charge >= 0.3 is 0 Å². The van der Waals surface area contributed by atoms with E-state index in [1.54, 1.807) is 0 Å². The van der Waals surface area contributed by atoms with E-state index in [9.17, 15) is 5.11 Å².